The van der Waals surface area contributed by atoms with Crippen LogP contribution in [0.3, 0.4) is 0 Å². The summed E-state index contributed by atoms with van der Waals surface area (Å²) < 4.78 is 20.6. The SMILES string of the molecule is C.CCCCCc1cc2c(c(C(C)(C)C)c1)OC13Oc4c(cc(CCCC[N+](CCCC)(CCCC)CCCC)cc4C(C)(C)C)C=[N+]1c1ccccc1[N+]3=C2. The van der Waals surface area contributed by atoms with E-state index in [-0.39, 0.29) is 18.3 Å². The molecule has 1 atom stereocenters. The zero-order valence-electron chi connectivity index (χ0n) is 36.5. The molecule has 0 amide bonds. The first kappa shape index (κ1) is 43.7. The van der Waals surface area contributed by atoms with E-state index < -0.39 is 6.03 Å². The topological polar surface area (TPSA) is 24.5 Å². The number of quaternary nitrogens is 1. The highest BCUT2D eigenvalue weighted by Gasteiger charge is 2.73. The number of ether oxygens (including phenoxy) is 2. The number of nitrogens with zero attached hydrogens (tertiary/aromatic N) is 3. The van der Waals surface area contributed by atoms with Gasteiger partial charge in [0.05, 0.1) is 37.3 Å². The molecule has 0 N–H and O–H groups in total. The van der Waals surface area contributed by atoms with Crippen LogP contribution in [0.5, 0.6) is 11.5 Å². The van der Waals surface area contributed by atoms with Gasteiger partial charge < -0.3 is 14.0 Å². The summed E-state index contributed by atoms with van der Waals surface area (Å²) in [5.41, 5.74) is 9.52. The number of para-hydroxylation sites is 2. The molecule has 0 aliphatic carbocycles. The Balaban J connectivity index is 0.00000600. The molecule has 5 nitrogen and oxygen atoms in total. The lowest BCUT2D eigenvalue weighted by molar-refractivity contribution is -0.929. The van der Waals surface area contributed by atoms with Gasteiger partial charge in [-0.05, 0) is 94.6 Å². The Hall–Kier alpha value is -3.44. The van der Waals surface area contributed by atoms with Crippen LogP contribution < -0.4 is 9.47 Å². The lowest BCUT2D eigenvalue weighted by atomic mass is 9.83. The van der Waals surface area contributed by atoms with Gasteiger partial charge in [-0.2, -0.15) is 0 Å². The van der Waals surface area contributed by atoms with Crippen molar-refractivity contribution in [2.75, 3.05) is 26.2 Å². The van der Waals surface area contributed by atoms with Crippen LogP contribution in [-0.4, -0.2) is 58.3 Å². The average molecular weight is 765 g/mol. The first-order valence-corrected chi connectivity index (χ1v) is 22.2. The summed E-state index contributed by atoms with van der Waals surface area (Å²) >= 11 is 0. The van der Waals surface area contributed by atoms with Crippen LogP contribution in [0.25, 0.3) is 0 Å². The minimum absolute atomic E-state index is 0. The zero-order chi connectivity index (χ0) is 39.4. The highest BCUT2D eigenvalue weighted by molar-refractivity contribution is 5.87. The molecule has 0 aromatic heterocycles. The Morgan fingerprint density at radius 3 is 1.32 bits per heavy atom. The van der Waals surface area contributed by atoms with Crippen LogP contribution in [0.15, 0.2) is 48.5 Å². The highest BCUT2D eigenvalue weighted by Crippen LogP contribution is 2.52. The van der Waals surface area contributed by atoms with Crippen LogP contribution in [-0.2, 0) is 23.7 Å². The molecular formula is C51H78N3O2+3. The van der Waals surface area contributed by atoms with Crippen molar-refractivity contribution in [2.24, 2.45) is 0 Å². The molecule has 6 rings (SSSR count). The molecule has 0 saturated heterocycles. The third-order valence-corrected chi connectivity index (χ3v) is 12.4. The van der Waals surface area contributed by atoms with Gasteiger partial charge in [-0.15, -0.1) is 0 Å². The summed E-state index contributed by atoms with van der Waals surface area (Å²) in [5, 5.41) is 0. The Morgan fingerprint density at radius 1 is 0.536 bits per heavy atom. The van der Waals surface area contributed by atoms with Gasteiger partial charge in [-0.3, -0.25) is 0 Å². The van der Waals surface area contributed by atoms with E-state index >= 15 is 0 Å². The molecule has 0 bridgehead atoms. The van der Waals surface area contributed by atoms with E-state index in [4.69, 9.17) is 9.47 Å². The van der Waals surface area contributed by atoms with Crippen molar-refractivity contribution >= 4 is 23.8 Å². The molecule has 3 aromatic carbocycles. The normalized spacial score (nSPS) is 17.0. The van der Waals surface area contributed by atoms with Crippen LogP contribution in [0.1, 0.15) is 181 Å². The molecule has 5 heteroatoms. The van der Waals surface area contributed by atoms with E-state index in [0.29, 0.717) is 0 Å². The van der Waals surface area contributed by atoms with Gasteiger partial charge in [0.1, 0.15) is 0 Å². The molecule has 0 radical (unpaired) electrons. The first-order valence-electron chi connectivity index (χ1n) is 22.2. The lowest BCUT2D eigenvalue weighted by Crippen LogP contribution is -2.59. The number of fused-ring (bicyclic) bond motifs is 5. The minimum atomic E-state index is -1.19. The lowest BCUT2D eigenvalue weighted by Gasteiger charge is -2.39. The van der Waals surface area contributed by atoms with Gasteiger partial charge in [0.2, 0.25) is 0 Å². The summed E-state index contributed by atoms with van der Waals surface area (Å²) in [6.07, 6.45) is 20.8. The molecule has 0 saturated carbocycles. The van der Waals surface area contributed by atoms with Crippen molar-refractivity contribution in [1.29, 1.82) is 0 Å². The van der Waals surface area contributed by atoms with Crippen molar-refractivity contribution in [3.05, 3.63) is 81.9 Å². The number of unbranched alkanes of at least 4 members (excludes halogenated alkanes) is 6. The molecule has 0 fully saturated rings. The number of rotatable bonds is 18. The van der Waals surface area contributed by atoms with Crippen LogP contribution >= 0.6 is 0 Å². The third kappa shape index (κ3) is 8.99. The van der Waals surface area contributed by atoms with Gasteiger partial charge in [0.25, 0.3) is 11.4 Å². The molecule has 1 spiro atoms. The Bertz CT molecular complexity index is 1850. The molecule has 3 aliphatic heterocycles. The van der Waals surface area contributed by atoms with Gasteiger partial charge in [-0.1, -0.05) is 133 Å². The Morgan fingerprint density at radius 2 is 0.929 bits per heavy atom. The van der Waals surface area contributed by atoms with E-state index in [9.17, 15) is 0 Å². The standard InChI is InChI=1S/C50H74N3O2.CH4/c1-11-15-19-24-38-32-40-36-51-44-26-20-21-27-45(44)52-37-41-33-39(25-22-23-31-53(28-16-12-2,29-17-13-3)30-18-14-4)35-43(49(8,9)10)47(41)55-50(51,52)54-46(40)42(34-38)48(5,6)7;/h20-21,26-27,32-37H,11-19,22-25,28-31H2,1-10H3;1H4/q+3;. The van der Waals surface area contributed by atoms with Crippen molar-refractivity contribution < 1.29 is 23.1 Å². The smallest absolute Gasteiger partial charge is 0.339 e. The Labute approximate surface area is 342 Å². The predicted octanol–water partition coefficient (Wildman–Crippen LogP) is 13.1. The van der Waals surface area contributed by atoms with Crippen molar-refractivity contribution in [3.63, 3.8) is 0 Å². The summed E-state index contributed by atoms with van der Waals surface area (Å²) in [6, 6.07) is 17.1. The maximum Gasteiger partial charge on any atom is 0.715 e. The number of hydrogen-bond donors (Lipinski definition) is 0. The number of aryl methyl sites for hydroxylation is 2. The minimum Gasteiger partial charge on any atom is -0.339 e. The van der Waals surface area contributed by atoms with Crippen LogP contribution in [0, 0.1) is 0 Å². The molecule has 56 heavy (non-hydrogen) atoms. The summed E-state index contributed by atoms with van der Waals surface area (Å²) in [5.74, 6) is 1.86. The molecule has 3 aromatic rings. The van der Waals surface area contributed by atoms with E-state index in [1.165, 1.54) is 124 Å². The second-order valence-electron chi connectivity index (χ2n) is 19.1. The molecular weight excluding hydrogens is 687 g/mol. The van der Waals surface area contributed by atoms with Crippen molar-refractivity contribution in [1.82, 2.24) is 0 Å². The molecule has 3 heterocycles. The van der Waals surface area contributed by atoms with Gasteiger partial charge in [0, 0.05) is 23.3 Å². The van der Waals surface area contributed by atoms with Crippen LogP contribution in [0.4, 0.5) is 11.4 Å². The van der Waals surface area contributed by atoms with Crippen LogP contribution in [0.2, 0.25) is 0 Å². The van der Waals surface area contributed by atoms with Crippen molar-refractivity contribution in [2.45, 2.75) is 177 Å². The summed E-state index contributed by atoms with van der Waals surface area (Å²) in [7, 11) is 0. The third-order valence-electron chi connectivity index (χ3n) is 12.4. The van der Waals surface area contributed by atoms with Gasteiger partial charge >= 0.3 is 6.03 Å². The summed E-state index contributed by atoms with van der Waals surface area (Å²) in [6.45, 7) is 28.5. The van der Waals surface area contributed by atoms with E-state index in [1.54, 1.807) is 0 Å². The monoisotopic (exact) mass is 765 g/mol. The fraction of sp³-hybridized carbons (Fsp3) is 0.608. The largest absolute Gasteiger partial charge is 0.715 e. The first-order chi connectivity index (χ1) is 26.3. The second kappa shape index (κ2) is 18.0. The van der Waals surface area contributed by atoms with Gasteiger partial charge in [0.15, 0.2) is 23.9 Å². The molecule has 1 unspecified atom stereocenters. The van der Waals surface area contributed by atoms with E-state index in [1.807, 2.05) is 0 Å². The maximum atomic E-state index is 7.42. The predicted molar refractivity (Wildman–Crippen MR) is 238 cm³/mol. The highest BCUT2D eigenvalue weighted by atomic mass is 16.7. The summed E-state index contributed by atoms with van der Waals surface area (Å²) in [4.78, 5) is 0. The number of hydrogen-bond acceptors (Lipinski definition) is 2. The molecule has 306 valence electrons. The number of benzene rings is 3. The fourth-order valence-corrected chi connectivity index (χ4v) is 9.11. The van der Waals surface area contributed by atoms with Gasteiger partial charge in [-0.25, -0.2) is 0 Å². The van der Waals surface area contributed by atoms with E-state index in [0.717, 1.165) is 46.8 Å². The zero-order valence-corrected chi connectivity index (χ0v) is 36.5. The Kier molecular flexibility index (Phi) is 14.0. The molecule has 3 aliphatic rings. The quantitative estimate of drug-likeness (QED) is 0.0732. The maximum absolute atomic E-state index is 7.42. The van der Waals surface area contributed by atoms with E-state index in [2.05, 4.69) is 139 Å². The average Bonchev–Trinajstić information content (AvgIpc) is 3.42. The fourth-order valence-electron chi connectivity index (χ4n) is 9.11. The second-order valence-corrected chi connectivity index (χ2v) is 19.1. The van der Waals surface area contributed by atoms with Crippen molar-refractivity contribution in [3.8, 4) is 11.5 Å².